The van der Waals surface area contributed by atoms with Gasteiger partial charge in [-0.1, -0.05) is 20.3 Å². The molecule has 3 nitrogen and oxygen atoms in total. The van der Waals surface area contributed by atoms with E-state index in [0.29, 0.717) is 24.7 Å². The van der Waals surface area contributed by atoms with E-state index >= 15 is 0 Å². The number of aliphatic hydroxyl groups is 1. The number of hydrogen-bond acceptors (Lipinski definition) is 3. The van der Waals surface area contributed by atoms with Crippen LogP contribution in [0.15, 0.2) is 0 Å². The van der Waals surface area contributed by atoms with Crippen molar-refractivity contribution in [1.29, 1.82) is 0 Å². The Morgan fingerprint density at radius 2 is 2.14 bits per heavy atom. The van der Waals surface area contributed by atoms with Gasteiger partial charge in [0.15, 0.2) is 0 Å². The van der Waals surface area contributed by atoms with Crippen LogP contribution in [0, 0.1) is 5.41 Å². The van der Waals surface area contributed by atoms with E-state index < -0.39 is 0 Å². The fourth-order valence-electron chi connectivity index (χ4n) is 2.60. The third kappa shape index (κ3) is 1.95. The smallest absolute Gasteiger partial charge is 0.0948 e. The van der Waals surface area contributed by atoms with Crippen molar-refractivity contribution in [2.24, 2.45) is 5.41 Å². The first-order valence-corrected chi connectivity index (χ1v) is 5.61. The third-order valence-corrected chi connectivity index (χ3v) is 3.72. The zero-order valence-electron chi connectivity index (χ0n) is 9.12. The van der Waals surface area contributed by atoms with E-state index in [1.807, 2.05) is 0 Å². The van der Waals surface area contributed by atoms with Crippen molar-refractivity contribution in [2.75, 3.05) is 13.2 Å². The third-order valence-electron chi connectivity index (χ3n) is 3.72. The van der Waals surface area contributed by atoms with E-state index in [-0.39, 0.29) is 12.1 Å². The number of rotatable bonds is 2. The highest BCUT2D eigenvalue weighted by Crippen LogP contribution is 2.37. The molecule has 1 aliphatic heterocycles. The highest BCUT2D eigenvalue weighted by atomic mass is 16.5. The maximum absolute atomic E-state index is 9.63. The van der Waals surface area contributed by atoms with E-state index in [9.17, 15) is 5.11 Å². The summed E-state index contributed by atoms with van der Waals surface area (Å²) in [4.78, 5) is 0. The summed E-state index contributed by atoms with van der Waals surface area (Å²) in [7, 11) is 0. The molecular weight excluding hydrogens is 178 g/mol. The van der Waals surface area contributed by atoms with Crippen molar-refractivity contribution in [3.8, 4) is 0 Å². The molecule has 0 spiro atoms. The Labute approximate surface area is 85.8 Å². The molecule has 0 aromatic rings. The molecule has 1 saturated carbocycles. The van der Waals surface area contributed by atoms with Gasteiger partial charge in [0, 0.05) is 6.04 Å². The average molecular weight is 199 g/mol. The Hall–Kier alpha value is -0.120. The summed E-state index contributed by atoms with van der Waals surface area (Å²) >= 11 is 0. The Balaban J connectivity index is 1.90. The minimum Gasteiger partial charge on any atom is -0.389 e. The Bertz CT molecular complexity index is 205. The first-order chi connectivity index (χ1) is 6.59. The van der Waals surface area contributed by atoms with Crippen LogP contribution in [-0.2, 0) is 4.74 Å². The van der Waals surface area contributed by atoms with Crippen LogP contribution >= 0.6 is 0 Å². The fraction of sp³-hybridized carbons (Fsp3) is 1.00. The van der Waals surface area contributed by atoms with E-state index in [2.05, 4.69) is 19.2 Å². The average Bonchev–Trinajstić information content (AvgIpc) is 2.62. The SMILES string of the molecule is CC1(C)CCCC1N[C@@H]1COC[C@H]1O. The van der Waals surface area contributed by atoms with Crippen molar-refractivity contribution in [2.45, 2.75) is 51.3 Å². The minimum atomic E-state index is -0.314. The molecule has 14 heavy (non-hydrogen) atoms. The van der Waals surface area contributed by atoms with Crippen molar-refractivity contribution >= 4 is 0 Å². The monoisotopic (exact) mass is 199 g/mol. The van der Waals surface area contributed by atoms with Gasteiger partial charge >= 0.3 is 0 Å². The van der Waals surface area contributed by atoms with Gasteiger partial charge in [0.2, 0.25) is 0 Å². The van der Waals surface area contributed by atoms with Crippen LogP contribution < -0.4 is 5.32 Å². The van der Waals surface area contributed by atoms with Crippen molar-refractivity contribution < 1.29 is 9.84 Å². The first kappa shape index (κ1) is 10.4. The Morgan fingerprint density at radius 1 is 1.36 bits per heavy atom. The zero-order chi connectivity index (χ0) is 10.2. The molecule has 0 bridgehead atoms. The molecule has 1 aliphatic carbocycles. The largest absolute Gasteiger partial charge is 0.389 e. The van der Waals surface area contributed by atoms with Crippen LogP contribution in [0.3, 0.4) is 0 Å². The second-order valence-corrected chi connectivity index (χ2v) is 5.31. The molecule has 0 amide bonds. The Kier molecular flexibility index (Phi) is 2.82. The molecule has 3 heteroatoms. The van der Waals surface area contributed by atoms with Crippen molar-refractivity contribution in [1.82, 2.24) is 5.32 Å². The lowest BCUT2D eigenvalue weighted by atomic mass is 9.87. The summed E-state index contributed by atoms with van der Waals surface area (Å²) < 4.78 is 5.24. The molecule has 3 atom stereocenters. The Morgan fingerprint density at radius 3 is 2.64 bits per heavy atom. The molecule has 2 rings (SSSR count). The summed E-state index contributed by atoms with van der Waals surface area (Å²) in [5.41, 5.74) is 0.377. The predicted octanol–water partition coefficient (Wildman–Crippen LogP) is 0.914. The van der Waals surface area contributed by atoms with Gasteiger partial charge in [-0.05, 0) is 18.3 Å². The maximum Gasteiger partial charge on any atom is 0.0948 e. The minimum absolute atomic E-state index is 0.150. The van der Waals surface area contributed by atoms with Crippen LogP contribution in [0.5, 0.6) is 0 Å². The van der Waals surface area contributed by atoms with Crippen molar-refractivity contribution in [3.05, 3.63) is 0 Å². The van der Waals surface area contributed by atoms with Crippen LogP contribution in [-0.4, -0.2) is 36.5 Å². The van der Waals surface area contributed by atoms with Gasteiger partial charge in [-0.15, -0.1) is 0 Å². The lowest BCUT2D eigenvalue weighted by Crippen LogP contribution is -2.48. The summed E-state index contributed by atoms with van der Waals surface area (Å²) in [5, 5.41) is 13.2. The quantitative estimate of drug-likeness (QED) is 0.694. The predicted molar refractivity (Wildman–Crippen MR) is 55.2 cm³/mol. The standard InChI is InChI=1S/C11H21NO2/c1-11(2)5-3-4-10(11)12-8-6-14-7-9(8)13/h8-10,12-13H,3-7H2,1-2H3/t8-,9-,10?/m1/s1. The van der Waals surface area contributed by atoms with E-state index in [4.69, 9.17) is 4.74 Å². The van der Waals surface area contributed by atoms with E-state index in [1.54, 1.807) is 0 Å². The molecule has 2 aliphatic rings. The second-order valence-electron chi connectivity index (χ2n) is 5.31. The first-order valence-electron chi connectivity index (χ1n) is 5.61. The molecule has 0 radical (unpaired) electrons. The van der Waals surface area contributed by atoms with Gasteiger partial charge < -0.3 is 15.2 Å². The van der Waals surface area contributed by atoms with Gasteiger partial charge in [-0.2, -0.15) is 0 Å². The molecule has 0 aromatic carbocycles. The second kappa shape index (κ2) is 3.80. The van der Waals surface area contributed by atoms with Crippen LogP contribution in [0.1, 0.15) is 33.1 Å². The summed E-state index contributed by atoms with van der Waals surface area (Å²) in [5.74, 6) is 0. The normalized spacial score (nSPS) is 41.8. The van der Waals surface area contributed by atoms with E-state index in [0.717, 1.165) is 0 Å². The zero-order valence-corrected chi connectivity index (χ0v) is 9.12. The fourth-order valence-corrected chi connectivity index (χ4v) is 2.60. The summed E-state index contributed by atoms with van der Waals surface area (Å²) in [6, 6.07) is 0.696. The van der Waals surface area contributed by atoms with Crippen LogP contribution in [0.25, 0.3) is 0 Å². The van der Waals surface area contributed by atoms with Crippen LogP contribution in [0.2, 0.25) is 0 Å². The maximum atomic E-state index is 9.63. The van der Waals surface area contributed by atoms with Gasteiger partial charge in [-0.25, -0.2) is 0 Å². The van der Waals surface area contributed by atoms with Gasteiger partial charge in [0.1, 0.15) is 0 Å². The summed E-state index contributed by atoms with van der Waals surface area (Å²) in [6.45, 7) is 5.76. The molecular formula is C11H21NO2. The number of aliphatic hydroxyl groups excluding tert-OH is 1. The molecule has 2 fully saturated rings. The summed E-state index contributed by atoms with van der Waals surface area (Å²) in [6.07, 6.45) is 3.50. The van der Waals surface area contributed by atoms with Gasteiger partial charge in [-0.3, -0.25) is 0 Å². The van der Waals surface area contributed by atoms with Gasteiger partial charge in [0.05, 0.1) is 25.4 Å². The number of ether oxygens (including phenoxy) is 1. The molecule has 0 aromatic heterocycles. The number of nitrogens with one attached hydrogen (secondary N) is 1. The topological polar surface area (TPSA) is 41.5 Å². The number of hydrogen-bond donors (Lipinski definition) is 2. The molecule has 82 valence electrons. The van der Waals surface area contributed by atoms with Crippen molar-refractivity contribution in [3.63, 3.8) is 0 Å². The van der Waals surface area contributed by atoms with Gasteiger partial charge in [0.25, 0.3) is 0 Å². The van der Waals surface area contributed by atoms with Crippen LogP contribution in [0.4, 0.5) is 0 Å². The highest BCUT2D eigenvalue weighted by Gasteiger charge is 2.38. The molecule has 1 heterocycles. The molecule has 1 unspecified atom stereocenters. The molecule has 2 N–H and O–H groups in total. The molecule has 1 saturated heterocycles. The lowest BCUT2D eigenvalue weighted by Gasteiger charge is -2.31. The van der Waals surface area contributed by atoms with E-state index in [1.165, 1.54) is 19.3 Å². The lowest BCUT2D eigenvalue weighted by molar-refractivity contribution is 0.118. The highest BCUT2D eigenvalue weighted by molar-refractivity contribution is 4.94.